The van der Waals surface area contributed by atoms with E-state index in [1.165, 1.54) is 16.7 Å². The van der Waals surface area contributed by atoms with Crippen LogP contribution in [0.2, 0.25) is 0 Å². The maximum absolute atomic E-state index is 5.42. The van der Waals surface area contributed by atoms with Gasteiger partial charge in [-0.05, 0) is 44.0 Å². The van der Waals surface area contributed by atoms with Gasteiger partial charge in [0.1, 0.15) is 0 Å². The Balaban J connectivity index is 2.07. The number of hydrogen-bond donors (Lipinski definition) is 1. The first-order valence-electron chi connectivity index (χ1n) is 7.63. The van der Waals surface area contributed by atoms with E-state index in [0.717, 1.165) is 12.4 Å². The second-order valence-corrected chi connectivity index (χ2v) is 5.78. The van der Waals surface area contributed by atoms with Crippen molar-refractivity contribution in [2.75, 3.05) is 6.54 Å². The first kappa shape index (κ1) is 15.7. The van der Waals surface area contributed by atoms with Gasteiger partial charge in [-0.15, -0.1) is 0 Å². The zero-order valence-electron chi connectivity index (χ0n) is 13.6. The van der Waals surface area contributed by atoms with Crippen LogP contribution >= 0.6 is 0 Å². The van der Waals surface area contributed by atoms with E-state index in [4.69, 9.17) is 4.52 Å². The van der Waals surface area contributed by atoms with Crippen molar-refractivity contribution in [3.63, 3.8) is 0 Å². The molecule has 0 aliphatic carbocycles. The number of likely N-dealkylation sites (N-methyl/N-ethyl adjacent to an activating group) is 1. The Morgan fingerprint density at radius 2 is 1.95 bits per heavy atom. The second-order valence-electron chi connectivity index (χ2n) is 5.78. The number of aryl methyl sites for hydroxylation is 2. The molecule has 0 amide bonds. The Hall–Kier alpha value is -1.68. The van der Waals surface area contributed by atoms with Gasteiger partial charge < -0.3 is 9.84 Å². The molecular formula is C17H25N3O. The lowest BCUT2D eigenvalue weighted by Gasteiger charge is -2.16. The molecule has 0 saturated carbocycles. The highest BCUT2D eigenvalue weighted by Gasteiger charge is 2.20. The molecular weight excluding hydrogens is 262 g/mol. The number of rotatable bonds is 6. The summed E-state index contributed by atoms with van der Waals surface area (Å²) in [6, 6.07) is 6.78. The summed E-state index contributed by atoms with van der Waals surface area (Å²) in [7, 11) is 0. The minimum atomic E-state index is 0.214. The van der Waals surface area contributed by atoms with Gasteiger partial charge in [0, 0.05) is 12.5 Å². The normalized spacial score (nSPS) is 14.1. The summed E-state index contributed by atoms with van der Waals surface area (Å²) >= 11 is 0. The highest BCUT2D eigenvalue weighted by Crippen LogP contribution is 2.18. The van der Waals surface area contributed by atoms with Crippen LogP contribution in [-0.4, -0.2) is 22.7 Å². The van der Waals surface area contributed by atoms with E-state index in [0.29, 0.717) is 18.4 Å². The molecule has 0 bridgehead atoms. The van der Waals surface area contributed by atoms with Gasteiger partial charge in [-0.2, -0.15) is 4.98 Å². The van der Waals surface area contributed by atoms with Gasteiger partial charge in [-0.25, -0.2) is 0 Å². The molecule has 4 nitrogen and oxygen atoms in total. The molecule has 2 unspecified atom stereocenters. The summed E-state index contributed by atoms with van der Waals surface area (Å²) < 4.78 is 5.42. The van der Waals surface area contributed by atoms with Crippen LogP contribution in [0.5, 0.6) is 0 Å². The molecule has 1 aromatic carbocycles. The van der Waals surface area contributed by atoms with Crippen LogP contribution in [0, 0.1) is 13.8 Å². The van der Waals surface area contributed by atoms with Crippen LogP contribution in [0.3, 0.4) is 0 Å². The predicted octanol–water partition coefficient (Wildman–Crippen LogP) is 3.38. The minimum absolute atomic E-state index is 0.214. The zero-order chi connectivity index (χ0) is 15.4. The lowest BCUT2D eigenvalue weighted by Crippen LogP contribution is -2.30. The number of aromatic nitrogens is 2. The molecule has 114 valence electrons. The van der Waals surface area contributed by atoms with Crippen LogP contribution in [0.4, 0.5) is 0 Å². The van der Waals surface area contributed by atoms with Crippen molar-refractivity contribution in [2.24, 2.45) is 0 Å². The lowest BCUT2D eigenvalue weighted by molar-refractivity contribution is 0.330. The maximum Gasteiger partial charge on any atom is 0.231 e. The zero-order valence-corrected chi connectivity index (χ0v) is 13.6. The SMILES string of the molecule is CCNC(C)C(C)c1nc(Cc2ccc(C)c(C)c2)no1. The van der Waals surface area contributed by atoms with Crippen LogP contribution in [0.15, 0.2) is 22.7 Å². The molecule has 4 heteroatoms. The summed E-state index contributed by atoms with van der Waals surface area (Å²) in [6.45, 7) is 11.5. The van der Waals surface area contributed by atoms with Gasteiger partial charge in [0.25, 0.3) is 0 Å². The van der Waals surface area contributed by atoms with Gasteiger partial charge in [-0.1, -0.05) is 37.2 Å². The van der Waals surface area contributed by atoms with Crippen molar-refractivity contribution in [1.82, 2.24) is 15.5 Å². The fraction of sp³-hybridized carbons (Fsp3) is 0.529. The summed E-state index contributed by atoms with van der Waals surface area (Å²) in [4.78, 5) is 4.54. The molecule has 21 heavy (non-hydrogen) atoms. The molecule has 1 heterocycles. The predicted molar refractivity (Wildman–Crippen MR) is 84.6 cm³/mol. The van der Waals surface area contributed by atoms with E-state index in [9.17, 15) is 0 Å². The van der Waals surface area contributed by atoms with E-state index in [1.807, 2.05) is 0 Å². The van der Waals surface area contributed by atoms with Crippen molar-refractivity contribution in [3.05, 3.63) is 46.6 Å². The summed E-state index contributed by atoms with van der Waals surface area (Å²) in [6.07, 6.45) is 0.715. The average molecular weight is 287 g/mol. The first-order chi connectivity index (χ1) is 10.0. The fourth-order valence-electron chi connectivity index (χ4n) is 2.33. The van der Waals surface area contributed by atoms with E-state index >= 15 is 0 Å². The van der Waals surface area contributed by atoms with E-state index in [2.05, 4.69) is 68.3 Å². The lowest BCUT2D eigenvalue weighted by atomic mass is 10.0. The van der Waals surface area contributed by atoms with Crippen LogP contribution in [0.1, 0.15) is 55.1 Å². The van der Waals surface area contributed by atoms with Crippen LogP contribution < -0.4 is 5.32 Å². The number of benzene rings is 1. The smallest absolute Gasteiger partial charge is 0.231 e. The maximum atomic E-state index is 5.42. The number of nitrogens with one attached hydrogen (secondary N) is 1. The molecule has 2 atom stereocenters. The molecule has 0 saturated heterocycles. The summed E-state index contributed by atoms with van der Waals surface area (Å²) in [5.41, 5.74) is 3.82. The summed E-state index contributed by atoms with van der Waals surface area (Å²) in [5.74, 6) is 1.68. The molecule has 1 N–H and O–H groups in total. The van der Waals surface area contributed by atoms with E-state index in [-0.39, 0.29) is 5.92 Å². The monoisotopic (exact) mass is 287 g/mol. The average Bonchev–Trinajstić information content (AvgIpc) is 2.91. The van der Waals surface area contributed by atoms with Gasteiger partial charge in [0.15, 0.2) is 5.82 Å². The Labute approximate surface area is 127 Å². The topological polar surface area (TPSA) is 51.0 Å². The standard InChI is InChI=1S/C17H25N3O/c1-6-18-14(5)13(4)17-19-16(20-21-17)10-15-8-7-11(2)12(3)9-15/h7-9,13-14,18H,6,10H2,1-5H3. The second kappa shape index (κ2) is 6.85. The molecule has 0 aliphatic rings. The van der Waals surface area contributed by atoms with Gasteiger partial charge in [0.05, 0.1) is 5.92 Å². The molecule has 1 aromatic heterocycles. The van der Waals surface area contributed by atoms with Gasteiger partial charge in [-0.3, -0.25) is 0 Å². The first-order valence-corrected chi connectivity index (χ1v) is 7.63. The van der Waals surface area contributed by atoms with Gasteiger partial charge >= 0.3 is 0 Å². The van der Waals surface area contributed by atoms with Crippen LogP contribution in [0.25, 0.3) is 0 Å². The Morgan fingerprint density at radius 3 is 2.62 bits per heavy atom. The largest absolute Gasteiger partial charge is 0.339 e. The van der Waals surface area contributed by atoms with Crippen molar-refractivity contribution in [1.29, 1.82) is 0 Å². The highest BCUT2D eigenvalue weighted by molar-refractivity contribution is 5.31. The quantitative estimate of drug-likeness (QED) is 0.885. The summed E-state index contributed by atoms with van der Waals surface area (Å²) in [5, 5.41) is 7.50. The van der Waals surface area contributed by atoms with Crippen molar-refractivity contribution in [2.45, 2.75) is 53.0 Å². The Kier molecular flexibility index (Phi) is 5.12. The number of hydrogen-bond acceptors (Lipinski definition) is 4. The molecule has 2 aromatic rings. The molecule has 0 fully saturated rings. The van der Waals surface area contributed by atoms with E-state index in [1.54, 1.807) is 0 Å². The van der Waals surface area contributed by atoms with Crippen molar-refractivity contribution >= 4 is 0 Å². The van der Waals surface area contributed by atoms with Crippen molar-refractivity contribution in [3.8, 4) is 0 Å². The van der Waals surface area contributed by atoms with E-state index < -0.39 is 0 Å². The van der Waals surface area contributed by atoms with Crippen LogP contribution in [-0.2, 0) is 6.42 Å². The van der Waals surface area contributed by atoms with Gasteiger partial charge in [0.2, 0.25) is 5.89 Å². The van der Waals surface area contributed by atoms with Crippen molar-refractivity contribution < 1.29 is 4.52 Å². The third-order valence-corrected chi connectivity index (χ3v) is 4.08. The fourth-order valence-corrected chi connectivity index (χ4v) is 2.33. The Morgan fingerprint density at radius 1 is 1.19 bits per heavy atom. The Bertz CT molecular complexity index is 591. The highest BCUT2D eigenvalue weighted by atomic mass is 16.5. The third-order valence-electron chi connectivity index (χ3n) is 4.08. The minimum Gasteiger partial charge on any atom is -0.339 e. The third kappa shape index (κ3) is 3.91. The molecule has 0 aliphatic heterocycles. The molecule has 0 spiro atoms. The molecule has 0 radical (unpaired) electrons. The number of nitrogens with zero attached hydrogens (tertiary/aromatic N) is 2. The molecule has 2 rings (SSSR count).